The van der Waals surface area contributed by atoms with E-state index in [1.807, 2.05) is 36.4 Å². The summed E-state index contributed by atoms with van der Waals surface area (Å²) in [6.45, 7) is 0.166. The van der Waals surface area contributed by atoms with Crippen LogP contribution in [0, 0.1) is 11.8 Å². The first-order chi connectivity index (χ1) is 17.8. The fourth-order valence-corrected chi connectivity index (χ4v) is 3.71. The molecule has 0 bridgehead atoms. The first kappa shape index (κ1) is 25.4. The molecule has 0 aliphatic carbocycles. The molecule has 37 heavy (non-hydrogen) atoms. The van der Waals surface area contributed by atoms with Gasteiger partial charge in [0.05, 0.1) is 13.7 Å². The molecule has 0 unspecified atom stereocenters. The molecule has 0 aliphatic rings. The molecule has 0 radical (unpaired) electrons. The fraction of sp³-hybridized carbons (Fsp3) is 0.0667. The summed E-state index contributed by atoms with van der Waals surface area (Å²) in [4.78, 5) is 26.6. The number of carboxylic acids is 1. The van der Waals surface area contributed by atoms with Crippen LogP contribution in [0.2, 0.25) is 5.02 Å². The average Bonchev–Trinajstić information content (AvgIpc) is 2.92. The number of carboxylic acid groups (broad SMARTS) is 1. The lowest BCUT2D eigenvalue weighted by Crippen LogP contribution is -2.30. The molecule has 0 aromatic heterocycles. The van der Waals surface area contributed by atoms with Gasteiger partial charge in [-0.1, -0.05) is 35.6 Å². The molecule has 0 saturated carbocycles. The Morgan fingerprint density at radius 1 is 0.865 bits per heavy atom. The molecule has 0 spiro atoms. The van der Waals surface area contributed by atoms with Gasteiger partial charge in [-0.2, -0.15) is 0 Å². The third-order valence-electron chi connectivity index (χ3n) is 5.59. The molecule has 2 N–H and O–H groups in total. The second kappa shape index (κ2) is 11.3. The van der Waals surface area contributed by atoms with E-state index in [2.05, 4.69) is 11.8 Å². The number of rotatable bonds is 6. The Morgan fingerprint density at radius 2 is 1.46 bits per heavy atom. The highest BCUT2D eigenvalue weighted by Gasteiger charge is 2.21. The molecule has 4 aromatic rings. The van der Waals surface area contributed by atoms with Crippen LogP contribution < -0.4 is 9.64 Å². The monoisotopic (exact) mass is 511 g/mol. The van der Waals surface area contributed by atoms with E-state index in [1.165, 1.54) is 30.2 Å². The van der Waals surface area contributed by atoms with E-state index in [1.54, 1.807) is 36.4 Å². The van der Waals surface area contributed by atoms with Crippen LogP contribution in [0.1, 0.15) is 37.4 Å². The van der Waals surface area contributed by atoms with E-state index in [0.29, 0.717) is 22.0 Å². The fourth-order valence-electron chi connectivity index (χ4n) is 3.59. The Bertz CT molecular complexity index is 1480. The van der Waals surface area contributed by atoms with Gasteiger partial charge >= 0.3 is 5.97 Å². The number of carbonyl (C=O) groups excluding carboxylic acids is 1. The Hall–Kier alpha value is -4.73. The lowest BCUT2D eigenvalue weighted by molar-refractivity contribution is 0.0693. The highest BCUT2D eigenvalue weighted by Crippen LogP contribution is 2.27. The molecule has 0 saturated heterocycles. The number of aromatic hydroxyl groups is 1. The minimum atomic E-state index is -1.29. The summed E-state index contributed by atoms with van der Waals surface area (Å²) in [7, 11) is 1.54. The lowest BCUT2D eigenvalue weighted by atomic mass is 10.1. The topological polar surface area (TPSA) is 87.1 Å². The van der Waals surface area contributed by atoms with Crippen LogP contribution in [-0.2, 0) is 6.54 Å². The van der Waals surface area contributed by atoms with Gasteiger partial charge in [0.25, 0.3) is 5.91 Å². The SMILES string of the molecule is COc1ccc(C(=O)N(Cc2ccc(C#Cc3ccc(Cl)cc3)cc2)c2ccc(O)c(C(=O)O)c2)cc1. The van der Waals surface area contributed by atoms with E-state index in [0.717, 1.165) is 16.7 Å². The number of phenols is 1. The second-order valence-corrected chi connectivity index (χ2v) is 8.52. The largest absolute Gasteiger partial charge is 0.507 e. The van der Waals surface area contributed by atoms with Crippen molar-refractivity contribution in [3.8, 4) is 23.3 Å². The maximum Gasteiger partial charge on any atom is 0.339 e. The van der Waals surface area contributed by atoms with Crippen molar-refractivity contribution in [3.63, 3.8) is 0 Å². The van der Waals surface area contributed by atoms with Gasteiger partial charge in [-0.3, -0.25) is 4.79 Å². The van der Waals surface area contributed by atoms with Crippen molar-refractivity contribution in [2.45, 2.75) is 6.54 Å². The Labute approximate surface area is 219 Å². The van der Waals surface area contributed by atoms with Crippen LogP contribution >= 0.6 is 11.6 Å². The van der Waals surface area contributed by atoms with E-state index in [9.17, 15) is 19.8 Å². The third kappa shape index (κ3) is 6.29. The Kier molecular flexibility index (Phi) is 7.77. The van der Waals surface area contributed by atoms with Gasteiger partial charge in [-0.05, 0) is 84.4 Å². The predicted octanol–water partition coefficient (Wildman–Crippen LogP) is 6.00. The van der Waals surface area contributed by atoms with Crippen LogP contribution in [0.25, 0.3) is 0 Å². The molecule has 184 valence electrons. The minimum Gasteiger partial charge on any atom is -0.507 e. The molecule has 6 nitrogen and oxygen atoms in total. The molecule has 0 aliphatic heterocycles. The molecule has 0 heterocycles. The van der Waals surface area contributed by atoms with E-state index < -0.39 is 5.97 Å². The smallest absolute Gasteiger partial charge is 0.339 e. The molecule has 4 rings (SSSR count). The minimum absolute atomic E-state index is 0.166. The maximum atomic E-state index is 13.5. The lowest BCUT2D eigenvalue weighted by Gasteiger charge is -2.24. The highest BCUT2D eigenvalue weighted by molar-refractivity contribution is 6.30. The molecule has 0 atom stereocenters. The molecule has 4 aromatic carbocycles. The summed E-state index contributed by atoms with van der Waals surface area (Å²) < 4.78 is 5.17. The summed E-state index contributed by atoms with van der Waals surface area (Å²) in [5, 5.41) is 20.1. The number of anilines is 1. The van der Waals surface area contributed by atoms with Crippen LogP contribution in [0.4, 0.5) is 5.69 Å². The van der Waals surface area contributed by atoms with Crippen LogP contribution in [0.3, 0.4) is 0 Å². The zero-order chi connectivity index (χ0) is 26.4. The molecule has 7 heteroatoms. The molecular formula is C30H22ClNO5. The van der Waals surface area contributed by atoms with E-state index >= 15 is 0 Å². The highest BCUT2D eigenvalue weighted by atomic mass is 35.5. The summed E-state index contributed by atoms with van der Waals surface area (Å²) in [6.07, 6.45) is 0. The van der Waals surface area contributed by atoms with Gasteiger partial charge in [0, 0.05) is 27.4 Å². The number of nitrogens with zero attached hydrogens (tertiary/aromatic N) is 1. The van der Waals surface area contributed by atoms with Crippen LogP contribution in [0.5, 0.6) is 11.5 Å². The summed E-state index contributed by atoms with van der Waals surface area (Å²) in [5.41, 5.74) is 2.89. The number of benzene rings is 4. The molecular weight excluding hydrogens is 490 g/mol. The number of hydrogen-bond acceptors (Lipinski definition) is 4. The number of carbonyl (C=O) groups is 2. The number of halogens is 1. The van der Waals surface area contributed by atoms with Gasteiger partial charge in [0.2, 0.25) is 0 Å². The Morgan fingerprint density at radius 3 is 2.03 bits per heavy atom. The number of hydrogen-bond donors (Lipinski definition) is 2. The molecule has 0 fully saturated rings. The number of methoxy groups -OCH3 is 1. The predicted molar refractivity (Wildman–Crippen MR) is 142 cm³/mol. The number of ether oxygens (including phenoxy) is 1. The summed E-state index contributed by atoms with van der Waals surface area (Å²) >= 11 is 5.92. The van der Waals surface area contributed by atoms with Gasteiger partial charge in [-0.15, -0.1) is 0 Å². The van der Waals surface area contributed by atoms with Crippen molar-refractivity contribution in [2.75, 3.05) is 12.0 Å². The average molecular weight is 512 g/mol. The van der Waals surface area contributed by atoms with Crippen molar-refractivity contribution >= 4 is 29.2 Å². The van der Waals surface area contributed by atoms with Gasteiger partial charge < -0.3 is 19.8 Å². The quantitative estimate of drug-likeness (QED) is 0.310. The first-order valence-electron chi connectivity index (χ1n) is 11.2. The Balaban J connectivity index is 1.63. The van der Waals surface area contributed by atoms with Gasteiger partial charge in [0.15, 0.2) is 0 Å². The normalized spacial score (nSPS) is 10.2. The zero-order valence-corrected chi connectivity index (χ0v) is 20.6. The summed E-state index contributed by atoms with van der Waals surface area (Å²) in [5.74, 6) is 4.78. The number of amides is 1. The van der Waals surface area contributed by atoms with Crippen molar-refractivity contribution in [1.82, 2.24) is 0 Å². The first-order valence-corrected chi connectivity index (χ1v) is 11.6. The summed E-state index contributed by atoms with van der Waals surface area (Å²) in [6, 6.07) is 25.4. The third-order valence-corrected chi connectivity index (χ3v) is 5.85. The van der Waals surface area contributed by atoms with Crippen molar-refractivity contribution < 1.29 is 24.5 Å². The standard InChI is InChI=1S/C30H22ClNO5/c1-37-26-15-10-23(11-16-26)29(34)32(25-14-17-28(33)27(18-25)30(35)36)19-22-6-4-20(5-7-22)2-3-21-8-12-24(31)13-9-21/h4-18,33H,19H2,1H3,(H,35,36). The van der Waals surface area contributed by atoms with E-state index in [-0.39, 0.29) is 23.8 Å². The zero-order valence-electron chi connectivity index (χ0n) is 19.8. The molecule has 1 amide bonds. The van der Waals surface area contributed by atoms with Crippen molar-refractivity contribution in [1.29, 1.82) is 0 Å². The van der Waals surface area contributed by atoms with Crippen molar-refractivity contribution in [2.24, 2.45) is 0 Å². The van der Waals surface area contributed by atoms with Gasteiger partial charge in [-0.25, -0.2) is 4.79 Å². The number of aromatic carboxylic acids is 1. The second-order valence-electron chi connectivity index (χ2n) is 8.08. The van der Waals surface area contributed by atoms with Crippen molar-refractivity contribution in [3.05, 3.63) is 124 Å². The van der Waals surface area contributed by atoms with E-state index in [4.69, 9.17) is 16.3 Å². The van der Waals surface area contributed by atoms with Crippen LogP contribution in [-0.4, -0.2) is 29.2 Å². The maximum absolute atomic E-state index is 13.5. The van der Waals surface area contributed by atoms with Crippen LogP contribution in [0.15, 0.2) is 91.0 Å². The van der Waals surface area contributed by atoms with Gasteiger partial charge in [0.1, 0.15) is 17.1 Å².